The molecule has 0 radical (unpaired) electrons. The van der Waals surface area contributed by atoms with Gasteiger partial charge in [0.2, 0.25) is 5.91 Å². The average molecular weight is 188 g/mol. The Balaban J connectivity index is 2.15. The van der Waals surface area contributed by atoms with Crippen molar-refractivity contribution in [2.75, 3.05) is 0 Å². The monoisotopic (exact) mass is 188 g/mol. The largest absolute Gasteiger partial charge is 0.370 e. The highest BCUT2D eigenvalue weighted by Gasteiger charge is 2.19. The summed E-state index contributed by atoms with van der Waals surface area (Å²) in [5.41, 5.74) is 4.08. The lowest BCUT2D eigenvalue weighted by Crippen LogP contribution is -2.37. The molecule has 0 aromatic heterocycles. The summed E-state index contributed by atoms with van der Waals surface area (Å²) in [6.07, 6.45) is 1.79. The van der Waals surface area contributed by atoms with Crippen molar-refractivity contribution in [3.05, 3.63) is 0 Å². The number of rotatable bonds is 3. The van der Waals surface area contributed by atoms with E-state index in [2.05, 4.69) is 10.3 Å². The molecule has 0 aromatic carbocycles. The first-order chi connectivity index (χ1) is 6.22. The second-order valence-electron chi connectivity index (χ2n) is 2.90. The van der Waals surface area contributed by atoms with E-state index in [0.29, 0.717) is 19.3 Å². The fourth-order valence-corrected chi connectivity index (χ4v) is 1.12. The third kappa shape index (κ3) is 3.39. The van der Waals surface area contributed by atoms with Crippen LogP contribution in [-0.2, 0) is 14.4 Å². The maximum absolute atomic E-state index is 10.6. The van der Waals surface area contributed by atoms with E-state index >= 15 is 0 Å². The van der Waals surface area contributed by atoms with Gasteiger partial charge in [0.15, 0.2) is 0 Å². The van der Waals surface area contributed by atoms with Gasteiger partial charge in [-0.3, -0.25) is 14.8 Å². The Morgan fingerprint density at radius 2 is 2.54 bits per heavy atom. The Bertz CT molecular complexity index is 197. The Kier molecular flexibility index (Phi) is 3.66. The van der Waals surface area contributed by atoms with Crippen molar-refractivity contribution in [3.8, 4) is 0 Å². The molecule has 1 amide bonds. The molecule has 3 N–H and O–H groups in total. The molecule has 74 valence electrons. The van der Waals surface area contributed by atoms with E-state index in [0.717, 1.165) is 0 Å². The van der Waals surface area contributed by atoms with E-state index in [9.17, 15) is 9.59 Å². The summed E-state index contributed by atoms with van der Waals surface area (Å²) in [6.45, 7) is 0. The summed E-state index contributed by atoms with van der Waals surface area (Å²) < 4.78 is 0. The molecule has 0 unspecified atom stereocenters. The van der Waals surface area contributed by atoms with Crippen LogP contribution in [0.1, 0.15) is 25.7 Å². The minimum atomic E-state index is -0.432. The third-order valence-electron chi connectivity index (χ3n) is 1.88. The standard InChI is InChI=1S/C7H12N2O4/c10-6(8-12)3-1-5-2-4-7(11)13-9-5/h5,9,12H,1-4H2,(H,8,10)/t5-/m0/s1. The van der Waals surface area contributed by atoms with Crippen LogP contribution in [0.15, 0.2) is 0 Å². The first-order valence-electron chi connectivity index (χ1n) is 4.10. The topological polar surface area (TPSA) is 87.7 Å². The van der Waals surface area contributed by atoms with Gasteiger partial charge in [-0.15, -0.1) is 0 Å². The van der Waals surface area contributed by atoms with E-state index in [1.165, 1.54) is 5.48 Å². The Hall–Kier alpha value is -1.14. The predicted molar refractivity (Wildman–Crippen MR) is 41.4 cm³/mol. The van der Waals surface area contributed by atoms with Gasteiger partial charge < -0.3 is 4.84 Å². The fraction of sp³-hybridized carbons (Fsp3) is 0.714. The van der Waals surface area contributed by atoms with E-state index in [1.54, 1.807) is 0 Å². The van der Waals surface area contributed by atoms with Crippen molar-refractivity contribution in [3.63, 3.8) is 0 Å². The number of carbonyl (C=O) groups excluding carboxylic acids is 2. The molecule has 0 aliphatic carbocycles. The molecule has 0 saturated carbocycles. The van der Waals surface area contributed by atoms with Crippen LogP contribution in [0.25, 0.3) is 0 Å². The van der Waals surface area contributed by atoms with Crippen LogP contribution in [0.5, 0.6) is 0 Å². The van der Waals surface area contributed by atoms with Crippen molar-refractivity contribution >= 4 is 11.9 Å². The molecule has 1 aliphatic rings. The molecule has 1 aliphatic heterocycles. The molecular formula is C7H12N2O4. The van der Waals surface area contributed by atoms with Crippen LogP contribution >= 0.6 is 0 Å². The van der Waals surface area contributed by atoms with Gasteiger partial charge >= 0.3 is 5.97 Å². The van der Waals surface area contributed by atoms with Crippen molar-refractivity contribution in [1.29, 1.82) is 0 Å². The van der Waals surface area contributed by atoms with Gasteiger partial charge in [0.25, 0.3) is 0 Å². The fourth-order valence-electron chi connectivity index (χ4n) is 1.12. The number of amides is 1. The van der Waals surface area contributed by atoms with Gasteiger partial charge in [0.1, 0.15) is 0 Å². The van der Waals surface area contributed by atoms with Crippen LogP contribution in [0.3, 0.4) is 0 Å². The molecular weight excluding hydrogens is 176 g/mol. The summed E-state index contributed by atoms with van der Waals surface area (Å²) in [5, 5.41) is 8.20. The lowest BCUT2D eigenvalue weighted by molar-refractivity contribution is -0.158. The number of hydrogen-bond acceptors (Lipinski definition) is 5. The van der Waals surface area contributed by atoms with Crippen molar-refractivity contribution in [2.45, 2.75) is 31.7 Å². The Morgan fingerprint density at radius 1 is 1.77 bits per heavy atom. The summed E-state index contributed by atoms with van der Waals surface area (Å²) in [4.78, 5) is 25.8. The predicted octanol–water partition coefficient (Wildman–Crippen LogP) is -0.518. The lowest BCUT2D eigenvalue weighted by atomic mass is 10.1. The van der Waals surface area contributed by atoms with Crippen LogP contribution in [0, 0.1) is 0 Å². The smallest absolute Gasteiger partial charge is 0.324 e. The van der Waals surface area contributed by atoms with Crippen molar-refractivity contribution in [1.82, 2.24) is 11.0 Å². The number of nitrogens with one attached hydrogen (secondary N) is 2. The molecule has 1 saturated heterocycles. The number of hydroxylamine groups is 2. The SMILES string of the molecule is O=C(CC[C@H]1CCC(=O)ON1)NO. The zero-order valence-corrected chi connectivity index (χ0v) is 7.08. The first-order valence-corrected chi connectivity index (χ1v) is 4.10. The van der Waals surface area contributed by atoms with E-state index in [-0.39, 0.29) is 18.4 Å². The zero-order valence-electron chi connectivity index (χ0n) is 7.08. The van der Waals surface area contributed by atoms with E-state index in [4.69, 9.17) is 5.21 Å². The minimum Gasteiger partial charge on any atom is -0.370 e. The molecule has 1 fully saturated rings. The Morgan fingerprint density at radius 3 is 3.08 bits per heavy atom. The average Bonchev–Trinajstić information content (AvgIpc) is 2.16. The van der Waals surface area contributed by atoms with Gasteiger partial charge in [-0.25, -0.2) is 5.48 Å². The molecule has 0 aromatic rings. The highest BCUT2D eigenvalue weighted by molar-refractivity contribution is 5.74. The molecule has 13 heavy (non-hydrogen) atoms. The van der Waals surface area contributed by atoms with Gasteiger partial charge in [0, 0.05) is 18.9 Å². The maximum atomic E-state index is 10.6. The second-order valence-corrected chi connectivity index (χ2v) is 2.90. The molecule has 6 heteroatoms. The second kappa shape index (κ2) is 4.78. The van der Waals surface area contributed by atoms with Crippen LogP contribution in [0.2, 0.25) is 0 Å². The summed E-state index contributed by atoms with van der Waals surface area (Å²) in [6, 6.07) is 0.00926. The molecule has 1 atom stereocenters. The van der Waals surface area contributed by atoms with Crippen LogP contribution in [-0.4, -0.2) is 23.1 Å². The highest BCUT2D eigenvalue weighted by atomic mass is 16.7. The van der Waals surface area contributed by atoms with Gasteiger partial charge in [-0.2, -0.15) is 5.48 Å². The van der Waals surface area contributed by atoms with Gasteiger partial charge in [-0.1, -0.05) is 0 Å². The molecule has 0 spiro atoms. The molecule has 1 rings (SSSR count). The van der Waals surface area contributed by atoms with Crippen LogP contribution < -0.4 is 11.0 Å². The number of hydrogen-bond donors (Lipinski definition) is 3. The Labute approximate surface area is 75.2 Å². The number of carbonyl (C=O) groups is 2. The van der Waals surface area contributed by atoms with Crippen LogP contribution in [0.4, 0.5) is 0 Å². The molecule has 0 bridgehead atoms. The third-order valence-corrected chi connectivity index (χ3v) is 1.88. The maximum Gasteiger partial charge on any atom is 0.324 e. The van der Waals surface area contributed by atoms with Gasteiger partial charge in [-0.05, 0) is 12.8 Å². The quantitative estimate of drug-likeness (QED) is 0.410. The summed E-state index contributed by atoms with van der Waals surface area (Å²) in [5.74, 6) is -0.707. The van der Waals surface area contributed by atoms with E-state index < -0.39 is 5.91 Å². The molecule has 6 nitrogen and oxygen atoms in total. The summed E-state index contributed by atoms with van der Waals surface area (Å²) >= 11 is 0. The molecule has 1 heterocycles. The minimum absolute atomic E-state index is 0.00926. The normalized spacial score (nSPS) is 22.2. The van der Waals surface area contributed by atoms with Gasteiger partial charge in [0.05, 0.1) is 0 Å². The first kappa shape index (κ1) is 9.94. The van der Waals surface area contributed by atoms with Crippen molar-refractivity contribution in [2.24, 2.45) is 0 Å². The lowest BCUT2D eigenvalue weighted by Gasteiger charge is -2.21. The van der Waals surface area contributed by atoms with E-state index in [1.807, 2.05) is 0 Å². The highest BCUT2D eigenvalue weighted by Crippen LogP contribution is 2.10. The zero-order chi connectivity index (χ0) is 9.68. The summed E-state index contributed by atoms with van der Waals surface area (Å²) in [7, 11) is 0. The van der Waals surface area contributed by atoms with Crippen molar-refractivity contribution < 1.29 is 19.6 Å².